The van der Waals surface area contributed by atoms with Crippen LogP contribution in [0.25, 0.3) is 0 Å². The van der Waals surface area contributed by atoms with Gasteiger partial charge in [0.1, 0.15) is 0 Å². The Labute approximate surface area is 136 Å². The number of hydrogen-bond donors (Lipinski definition) is 1. The van der Waals surface area contributed by atoms with Crippen LogP contribution in [0.4, 0.5) is 5.69 Å². The topological polar surface area (TPSA) is 15.3 Å². The van der Waals surface area contributed by atoms with E-state index in [2.05, 4.69) is 53.0 Å². The summed E-state index contributed by atoms with van der Waals surface area (Å²) in [7, 11) is 0. The van der Waals surface area contributed by atoms with E-state index in [-0.39, 0.29) is 0 Å². The van der Waals surface area contributed by atoms with Gasteiger partial charge in [0, 0.05) is 34.7 Å². The Bertz CT molecular complexity index is 452. The van der Waals surface area contributed by atoms with Crippen molar-refractivity contribution in [1.29, 1.82) is 0 Å². The highest BCUT2D eigenvalue weighted by molar-refractivity contribution is 9.10. The van der Waals surface area contributed by atoms with Gasteiger partial charge in [-0.15, -0.1) is 0 Å². The smallest absolute Gasteiger partial charge is 0.0529 e. The minimum Gasteiger partial charge on any atom is -0.365 e. The molecule has 1 N–H and O–H groups in total. The molecule has 1 saturated heterocycles. The van der Waals surface area contributed by atoms with Gasteiger partial charge >= 0.3 is 0 Å². The van der Waals surface area contributed by atoms with Gasteiger partial charge in [-0.3, -0.25) is 0 Å². The van der Waals surface area contributed by atoms with E-state index >= 15 is 0 Å². The van der Waals surface area contributed by atoms with Crippen LogP contribution < -0.4 is 10.2 Å². The first-order chi connectivity index (χ1) is 9.56. The molecule has 0 radical (unpaired) electrons. The molecule has 0 saturated carbocycles. The number of rotatable bonds is 4. The van der Waals surface area contributed by atoms with Crippen molar-refractivity contribution in [3.8, 4) is 0 Å². The standard InChI is InChI=1S/C16H24BrClN2/c1-4-11(3)15-10-20(13(5-2)9-19-15)16-8-12(18)6-7-14(16)17/h6-8,11,13,15,19H,4-5,9-10H2,1-3H3. The average Bonchev–Trinajstić information content (AvgIpc) is 2.48. The van der Waals surface area contributed by atoms with Gasteiger partial charge < -0.3 is 10.2 Å². The monoisotopic (exact) mass is 358 g/mol. The van der Waals surface area contributed by atoms with Gasteiger partial charge in [0.05, 0.1) is 5.69 Å². The van der Waals surface area contributed by atoms with Crippen molar-refractivity contribution in [1.82, 2.24) is 5.32 Å². The van der Waals surface area contributed by atoms with Crippen LogP contribution in [-0.4, -0.2) is 25.2 Å². The van der Waals surface area contributed by atoms with E-state index in [0.717, 1.165) is 29.0 Å². The summed E-state index contributed by atoms with van der Waals surface area (Å²) in [4.78, 5) is 2.52. The van der Waals surface area contributed by atoms with Gasteiger partial charge in [-0.05, 0) is 46.5 Å². The molecule has 1 fully saturated rings. The first-order valence-corrected chi connectivity index (χ1v) is 8.69. The normalized spacial score (nSPS) is 24.8. The van der Waals surface area contributed by atoms with Gasteiger partial charge in [-0.1, -0.05) is 38.8 Å². The summed E-state index contributed by atoms with van der Waals surface area (Å²) in [5, 5.41) is 4.52. The summed E-state index contributed by atoms with van der Waals surface area (Å²) in [5.74, 6) is 0.688. The largest absolute Gasteiger partial charge is 0.365 e. The summed E-state index contributed by atoms with van der Waals surface area (Å²) in [6, 6.07) is 7.14. The number of piperazine rings is 1. The van der Waals surface area contributed by atoms with Gasteiger partial charge in [0.25, 0.3) is 0 Å². The molecule has 0 aromatic heterocycles. The first kappa shape index (κ1) is 16.1. The van der Waals surface area contributed by atoms with E-state index in [0.29, 0.717) is 18.0 Å². The fourth-order valence-electron chi connectivity index (χ4n) is 2.85. The molecule has 0 amide bonds. The Balaban J connectivity index is 2.26. The Hall–Kier alpha value is -0.250. The Kier molecular flexibility index (Phi) is 5.76. The lowest BCUT2D eigenvalue weighted by molar-refractivity contribution is 0.306. The predicted octanol–water partition coefficient (Wildman–Crippen LogP) is 4.71. The fourth-order valence-corrected chi connectivity index (χ4v) is 3.50. The zero-order valence-corrected chi connectivity index (χ0v) is 14.8. The van der Waals surface area contributed by atoms with E-state index in [9.17, 15) is 0 Å². The molecule has 4 heteroatoms. The third-order valence-corrected chi connectivity index (χ3v) is 5.38. The second kappa shape index (κ2) is 7.15. The maximum Gasteiger partial charge on any atom is 0.0529 e. The van der Waals surface area contributed by atoms with Crippen molar-refractivity contribution in [2.24, 2.45) is 5.92 Å². The van der Waals surface area contributed by atoms with Crippen LogP contribution in [0.3, 0.4) is 0 Å². The third-order valence-electron chi connectivity index (χ3n) is 4.47. The molecule has 1 heterocycles. The summed E-state index contributed by atoms with van der Waals surface area (Å²) in [6.07, 6.45) is 2.35. The van der Waals surface area contributed by atoms with Gasteiger partial charge in [-0.2, -0.15) is 0 Å². The molecule has 112 valence electrons. The molecule has 2 rings (SSSR count). The lowest BCUT2D eigenvalue weighted by Gasteiger charge is -2.44. The average molecular weight is 360 g/mol. The maximum absolute atomic E-state index is 6.19. The van der Waals surface area contributed by atoms with Gasteiger partial charge in [0.2, 0.25) is 0 Å². The number of hydrogen-bond acceptors (Lipinski definition) is 2. The van der Waals surface area contributed by atoms with Gasteiger partial charge in [-0.25, -0.2) is 0 Å². The summed E-state index contributed by atoms with van der Waals surface area (Å²) in [5.41, 5.74) is 1.22. The van der Waals surface area contributed by atoms with E-state index < -0.39 is 0 Å². The molecule has 1 aromatic rings. The SMILES string of the molecule is CCC(C)C1CN(c2cc(Cl)ccc2Br)C(CC)CN1. The third kappa shape index (κ3) is 3.49. The minimum atomic E-state index is 0.532. The van der Waals surface area contributed by atoms with Crippen molar-refractivity contribution in [3.63, 3.8) is 0 Å². The number of nitrogens with one attached hydrogen (secondary N) is 1. The lowest BCUT2D eigenvalue weighted by atomic mass is 9.94. The second-order valence-electron chi connectivity index (χ2n) is 5.71. The molecule has 0 spiro atoms. The van der Waals surface area contributed by atoms with Crippen LogP contribution in [0.15, 0.2) is 22.7 Å². The number of benzene rings is 1. The summed E-state index contributed by atoms with van der Waals surface area (Å²) < 4.78 is 1.13. The predicted molar refractivity (Wildman–Crippen MR) is 91.8 cm³/mol. The Morgan fingerprint density at radius 2 is 2.20 bits per heavy atom. The van der Waals surface area contributed by atoms with Gasteiger partial charge in [0.15, 0.2) is 0 Å². The lowest BCUT2D eigenvalue weighted by Crippen LogP contribution is -2.58. The molecule has 1 aromatic carbocycles. The molecule has 3 atom stereocenters. The van der Waals surface area contributed by atoms with E-state index in [1.54, 1.807) is 0 Å². The Morgan fingerprint density at radius 3 is 2.85 bits per heavy atom. The molecule has 3 unspecified atom stereocenters. The molecule has 0 aliphatic carbocycles. The molecule has 1 aliphatic rings. The fraction of sp³-hybridized carbons (Fsp3) is 0.625. The quantitative estimate of drug-likeness (QED) is 0.838. The van der Waals surface area contributed by atoms with Crippen LogP contribution in [0.5, 0.6) is 0 Å². The minimum absolute atomic E-state index is 0.532. The highest BCUT2D eigenvalue weighted by atomic mass is 79.9. The number of halogens is 2. The highest BCUT2D eigenvalue weighted by Gasteiger charge is 2.30. The molecule has 0 bridgehead atoms. The molecule has 20 heavy (non-hydrogen) atoms. The van der Waals surface area contributed by atoms with E-state index in [4.69, 9.17) is 11.6 Å². The summed E-state index contributed by atoms with van der Waals surface area (Å²) in [6.45, 7) is 8.94. The van der Waals surface area contributed by atoms with Crippen molar-refractivity contribution >= 4 is 33.2 Å². The van der Waals surface area contributed by atoms with E-state index in [1.807, 2.05) is 12.1 Å². The van der Waals surface area contributed by atoms with E-state index in [1.165, 1.54) is 12.1 Å². The van der Waals surface area contributed by atoms with Crippen molar-refractivity contribution in [2.75, 3.05) is 18.0 Å². The van der Waals surface area contributed by atoms with Crippen LogP contribution in [-0.2, 0) is 0 Å². The zero-order chi connectivity index (χ0) is 14.7. The van der Waals surface area contributed by atoms with Crippen molar-refractivity contribution in [3.05, 3.63) is 27.7 Å². The molecular formula is C16H24BrClN2. The van der Waals surface area contributed by atoms with Crippen molar-refractivity contribution in [2.45, 2.75) is 45.7 Å². The molecule has 2 nitrogen and oxygen atoms in total. The second-order valence-corrected chi connectivity index (χ2v) is 7.00. The van der Waals surface area contributed by atoms with Crippen LogP contribution >= 0.6 is 27.5 Å². The maximum atomic E-state index is 6.19. The van der Waals surface area contributed by atoms with Crippen LogP contribution in [0.2, 0.25) is 5.02 Å². The van der Waals surface area contributed by atoms with Crippen molar-refractivity contribution < 1.29 is 0 Å². The highest BCUT2D eigenvalue weighted by Crippen LogP contribution is 2.33. The molecular weight excluding hydrogens is 336 g/mol. The first-order valence-electron chi connectivity index (χ1n) is 7.51. The Morgan fingerprint density at radius 1 is 1.45 bits per heavy atom. The number of anilines is 1. The van der Waals surface area contributed by atoms with Crippen LogP contribution in [0.1, 0.15) is 33.6 Å². The summed E-state index contributed by atoms with van der Waals surface area (Å²) >= 11 is 9.87. The van der Waals surface area contributed by atoms with Crippen LogP contribution in [0, 0.1) is 5.92 Å². The zero-order valence-electron chi connectivity index (χ0n) is 12.5. The molecule has 1 aliphatic heterocycles. The number of nitrogens with zero attached hydrogens (tertiary/aromatic N) is 1.